The van der Waals surface area contributed by atoms with Crippen LogP contribution in [0.25, 0.3) is 0 Å². The van der Waals surface area contributed by atoms with E-state index in [0.29, 0.717) is 30.5 Å². The summed E-state index contributed by atoms with van der Waals surface area (Å²) in [6.07, 6.45) is 3.47. The molecule has 8 nitrogen and oxygen atoms in total. The first-order valence-electron chi connectivity index (χ1n) is 11.4. The molecule has 2 aromatic rings. The van der Waals surface area contributed by atoms with E-state index in [9.17, 15) is 18.4 Å². The summed E-state index contributed by atoms with van der Waals surface area (Å²) in [6.45, 7) is 4.59. The summed E-state index contributed by atoms with van der Waals surface area (Å²) in [7, 11) is 0. The Hall–Kier alpha value is -2.88. The number of likely N-dealkylation sites (tertiary alicyclic amines) is 1. The third-order valence-corrected chi connectivity index (χ3v) is 6.39. The standard InChI is InChI=1S/C23H29F2N5O3/c1-3-29-12-17(6-9-21(29)31)18-13-30(11-10-23(18,24)25)15(2)22(32)26-19-7-8-20(28-27-19)33-14-16-4-5-16/h6-9,12,15-16,18H,3-5,10-11,13-14H2,1-2H3,(H,26,27,32). The molecule has 4 rings (SSSR count). The number of hydrogen-bond acceptors (Lipinski definition) is 6. The Kier molecular flexibility index (Phi) is 6.73. The zero-order valence-electron chi connectivity index (χ0n) is 18.8. The van der Waals surface area contributed by atoms with Crippen molar-refractivity contribution in [2.24, 2.45) is 5.92 Å². The third kappa shape index (κ3) is 5.55. The van der Waals surface area contributed by atoms with Gasteiger partial charge in [-0.25, -0.2) is 8.78 Å². The normalized spacial score (nSPS) is 21.4. The van der Waals surface area contributed by atoms with Crippen molar-refractivity contribution in [2.45, 2.75) is 57.5 Å². The van der Waals surface area contributed by atoms with Crippen LogP contribution >= 0.6 is 0 Å². The topological polar surface area (TPSA) is 89.3 Å². The van der Waals surface area contributed by atoms with Crippen LogP contribution in [0, 0.1) is 5.92 Å². The molecule has 2 unspecified atom stereocenters. The molecule has 2 fully saturated rings. The molecular formula is C23H29F2N5O3. The van der Waals surface area contributed by atoms with Gasteiger partial charge in [0.2, 0.25) is 11.8 Å². The lowest BCUT2D eigenvalue weighted by atomic mass is 9.87. The van der Waals surface area contributed by atoms with Gasteiger partial charge in [-0.1, -0.05) is 6.07 Å². The smallest absolute Gasteiger partial charge is 0.257 e. The Bertz CT molecular complexity index is 1040. The Morgan fingerprint density at radius 1 is 1.27 bits per heavy atom. The molecular weight excluding hydrogens is 432 g/mol. The van der Waals surface area contributed by atoms with E-state index in [0.717, 1.165) is 0 Å². The quantitative estimate of drug-likeness (QED) is 0.650. The number of ether oxygens (including phenoxy) is 1. The predicted molar refractivity (Wildman–Crippen MR) is 119 cm³/mol. The molecule has 2 aromatic heterocycles. The molecule has 0 spiro atoms. The zero-order valence-corrected chi connectivity index (χ0v) is 18.8. The minimum absolute atomic E-state index is 0.00310. The first-order chi connectivity index (χ1) is 15.8. The van der Waals surface area contributed by atoms with E-state index in [2.05, 4.69) is 15.5 Å². The average Bonchev–Trinajstić information content (AvgIpc) is 3.63. The van der Waals surface area contributed by atoms with Gasteiger partial charge in [-0.3, -0.25) is 14.5 Å². The van der Waals surface area contributed by atoms with Crippen LogP contribution in [0.3, 0.4) is 0 Å². The number of aromatic nitrogens is 3. The number of carbonyl (C=O) groups excluding carboxylic acids is 1. The van der Waals surface area contributed by atoms with E-state index in [1.807, 2.05) is 0 Å². The van der Waals surface area contributed by atoms with Crippen LogP contribution in [0.2, 0.25) is 0 Å². The van der Waals surface area contributed by atoms with Gasteiger partial charge in [-0.15, -0.1) is 10.2 Å². The molecule has 3 heterocycles. The first kappa shape index (κ1) is 23.3. The Labute approximate surface area is 191 Å². The Balaban J connectivity index is 1.40. The van der Waals surface area contributed by atoms with Gasteiger partial charge in [0, 0.05) is 44.4 Å². The summed E-state index contributed by atoms with van der Waals surface area (Å²) < 4.78 is 36.5. The molecule has 178 valence electrons. The van der Waals surface area contributed by atoms with Crippen molar-refractivity contribution >= 4 is 11.7 Å². The van der Waals surface area contributed by atoms with E-state index < -0.39 is 17.9 Å². The van der Waals surface area contributed by atoms with Crippen LogP contribution < -0.4 is 15.6 Å². The predicted octanol–water partition coefficient (Wildman–Crippen LogP) is 2.90. The monoisotopic (exact) mass is 461 g/mol. The van der Waals surface area contributed by atoms with Crippen molar-refractivity contribution in [2.75, 3.05) is 25.0 Å². The molecule has 2 aliphatic rings. The number of piperidine rings is 1. The third-order valence-electron chi connectivity index (χ3n) is 6.39. The number of nitrogens with one attached hydrogen (secondary N) is 1. The number of amides is 1. The second-order valence-corrected chi connectivity index (χ2v) is 8.82. The highest BCUT2D eigenvalue weighted by Crippen LogP contribution is 2.40. The number of aryl methyl sites for hydroxylation is 1. The fourth-order valence-electron chi connectivity index (χ4n) is 3.98. The Morgan fingerprint density at radius 3 is 2.73 bits per heavy atom. The van der Waals surface area contributed by atoms with Gasteiger partial charge in [0.15, 0.2) is 5.82 Å². The summed E-state index contributed by atoms with van der Waals surface area (Å²) in [6, 6.07) is 5.40. The highest BCUT2D eigenvalue weighted by Gasteiger charge is 2.46. The number of carbonyl (C=O) groups is 1. The number of hydrogen-bond donors (Lipinski definition) is 1. The van der Waals surface area contributed by atoms with E-state index in [4.69, 9.17) is 4.74 Å². The lowest BCUT2D eigenvalue weighted by Crippen LogP contribution is -2.52. The first-order valence-corrected chi connectivity index (χ1v) is 11.4. The van der Waals surface area contributed by atoms with Gasteiger partial charge in [0.05, 0.1) is 18.6 Å². The minimum Gasteiger partial charge on any atom is -0.476 e. The van der Waals surface area contributed by atoms with Gasteiger partial charge in [0.25, 0.3) is 11.5 Å². The van der Waals surface area contributed by atoms with Crippen LogP contribution in [0.1, 0.15) is 44.6 Å². The molecule has 0 radical (unpaired) electrons. The summed E-state index contributed by atoms with van der Waals surface area (Å²) in [5, 5.41) is 10.7. The summed E-state index contributed by atoms with van der Waals surface area (Å²) >= 11 is 0. The van der Waals surface area contributed by atoms with Crippen LogP contribution in [0.15, 0.2) is 35.3 Å². The van der Waals surface area contributed by atoms with Crippen LogP contribution in [-0.4, -0.2) is 57.2 Å². The fourth-order valence-corrected chi connectivity index (χ4v) is 3.98. The van der Waals surface area contributed by atoms with Crippen molar-refractivity contribution in [1.82, 2.24) is 19.7 Å². The number of nitrogens with zero attached hydrogens (tertiary/aromatic N) is 4. The van der Waals surface area contributed by atoms with Gasteiger partial charge in [0.1, 0.15) is 0 Å². The Morgan fingerprint density at radius 2 is 2.06 bits per heavy atom. The van der Waals surface area contributed by atoms with Gasteiger partial charge in [-0.2, -0.15) is 0 Å². The molecule has 1 amide bonds. The summed E-state index contributed by atoms with van der Waals surface area (Å²) in [5.74, 6) is -3.11. The number of anilines is 1. The van der Waals surface area contributed by atoms with E-state index in [1.54, 1.807) is 30.9 Å². The number of pyridine rings is 1. The van der Waals surface area contributed by atoms with Crippen molar-refractivity contribution in [3.05, 3.63) is 46.4 Å². The molecule has 0 aromatic carbocycles. The molecule has 1 aliphatic heterocycles. The highest BCUT2D eigenvalue weighted by atomic mass is 19.3. The zero-order chi connectivity index (χ0) is 23.6. The molecule has 33 heavy (non-hydrogen) atoms. The van der Waals surface area contributed by atoms with Gasteiger partial charge in [-0.05, 0) is 44.2 Å². The molecule has 1 N–H and O–H groups in total. The second-order valence-electron chi connectivity index (χ2n) is 8.82. The minimum atomic E-state index is -2.93. The second kappa shape index (κ2) is 9.54. The van der Waals surface area contributed by atoms with Crippen molar-refractivity contribution in [1.29, 1.82) is 0 Å². The summed E-state index contributed by atoms with van der Waals surface area (Å²) in [4.78, 5) is 26.4. The molecule has 1 aliphatic carbocycles. The molecule has 1 saturated heterocycles. The summed E-state index contributed by atoms with van der Waals surface area (Å²) in [5.41, 5.74) is 0.168. The number of alkyl halides is 2. The maximum Gasteiger partial charge on any atom is 0.257 e. The molecule has 0 bridgehead atoms. The molecule has 2 atom stereocenters. The van der Waals surface area contributed by atoms with E-state index in [1.165, 1.54) is 35.7 Å². The van der Waals surface area contributed by atoms with Crippen LogP contribution in [-0.2, 0) is 11.3 Å². The van der Waals surface area contributed by atoms with E-state index in [-0.39, 0.29) is 36.8 Å². The van der Waals surface area contributed by atoms with Crippen LogP contribution in [0.5, 0.6) is 5.88 Å². The lowest BCUT2D eigenvalue weighted by Gasteiger charge is -2.40. The SMILES string of the molecule is CCn1cc(C2CN(C(C)C(=O)Nc3ccc(OCC4CC4)nn3)CCC2(F)F)ccc1=O. The van der Waals surface area contributed by atoms with Crippen molar-refractivity contribution in [3.8, 4) is 5.88 Å². The maximum absolute atomic E-state index is 14.8. The van der Waals surface area contributed by atoms with Crippen molar-refractivity contribution in [3.63, 3.8) is 0 Å². The van der Waals surface area contributed by atoms with Gasteiger partial charge < -0.3 is 14.6 Å². The maximum atomic E-state index is 14.8. The highest BCUT2D eigenvalue weighted by molar-refractivity contribution is 5.93. The average molecular weight is 462 g/mol. The number of halogens is 2. The molecule has 1 saturated carbocycles. The van der Waals surface area contributed by atoms with Crippen LogP contribution in [0.4, 0.5) is 14.6 Å². The number of rotatable bonds is 8. The van der Waals surface area contributed by atoms with E-state index >= 15 is 0 Å². The molecule has 10 heteroatoms. The van der Waals surface area contributed by atoms with Crippen molar-refractivity contribution < 1.29 is 18.3 Å². The van der Waals surface area contributed by atoms with Gasteiger partial charge >= 0.3 is 0 Å². The largest absolute Gasteiger partial charge is 0.476 e. The fraction of sp³-hybridized carbons (Fsp3) is 0.565. The lowest BCUT2D eigenvalue weighted by molar-refractivity contribution is -0.125.